The lowest BCUT2D eigenvalue weighted by Gasteiger charge is -2.32. The lowest BCUT2D eigenvalue weighted by molar-refractivity contribution is -0.159. The number of rotatable bonds is 5. The first kappa shape index (κ1) is 14.5. The molecule has 3 unspecified atom stereocenters. The van der Waals surface area contributed by atoms with Crippen LogP contribution in [0.25, 0.3) is 0 Å². The van der Waals surface area contributed by atoms with Crippen molar-refractivity contribution in [2.45, 2.75) is 58.7 Å². The number of fused-ring (bicyclic) bond motifs is 2. The van der Waals surface area contributed by atoms with E-state index in [-0.39, 0.29) is 23.9 Å². The van der Waals surface area contributed by atoms with Crippen LogP contribution in [0.3, 0.4) is 0 Å². The van der Waals surface area contributed by atoms with Crippen LogP contribution in [0.1, 0.15) is 47.0 Å². The second-order valence-corrected chi connectivity index (χ2v) is 6.62. The third kappa shape index (κ3) is 2.31. The Kier molecular flexibility index (Phi) is 3.74. The highest BCUT2D eigenvalue weighted by atomic mass is 16.5. The van der Waals surface area contributed by atoms with Crippen molar-refractivity contribution in [3.63, 3.8) is 0 Å². The van der Waals surface area contributed by atoms with E-state index in [9.17, 15) is 9.59 Å². The summed E-state index contributed by atoms with van der Waals surface area (Å²) in [5, 5.41) is 0. The van der Waals surface area contributed by atoms with Gasteiger partial charge in [-0.25, -0.2) is 0 Å². The third-order valence-electron chi connectivity index (χ3n) is 4.98. The number of hydrogen-bond donors (Lipinski definition) is 0. The number of ether oxygens (including phenoxy) is 2. The maximum atomic E-state index is 12.0. The summed E-state index contributed by atoms with van der Waals surface area (Å²) in [5.74, 6) is 0.0356. The zero-order chi connectivity index (χ0) is 14.3. The zero-order valence-corrected chi connectivity index (χ0v) is 12.3. The molecule has 0 aliphatic carbocycles. The molecule has 2 fully saturated rings. The molecule has 4 atom stereocenters. The van der Waals surface area contributed by atoms with E-state index in [2.05, 4.69) is 0 Å². The molecular formula is C15H24O4. The summed E-state index contributed by atoms with van der Waals surface area (Å²) in [7, 11) is 0. The van der Waals surface area contributed by atoms with E-state index in [1.165, 1.54) is 0 Å². The van der Waals surface area contributed by atoms with Gasteiger partial charge in [0, 0.05) is 5.92 Å². The number of hydrogen-bond acceptors (Lipinski definition) is 4. The van der Waals surface area contributed by atoms with Crippen LogP contribution in [0.15, 0.2) is 0 Å². The van der Waals surface area contributed by atoms with E-state index in [4.69, 9.17) is 9.47 Å². The molecule has 0 saturated carbocycles. The quantitative estimate of drug-likeness (QED) is 0.567. The first-order chi connectivity index (χ1) is 8.85. The molecule has 4 nitrogen and oxygen atoms in total. The molecule has 4 heteroatoms. The van der Waals surface area contributed by atoms with Gasteiger partial charge in [0.25, 0.3) is 0 Å². The summed E-state index contributed by atoms with van der Waals surface area (Å²) >= 11 is 0. The Morgan fingerprint density at radius 1 is 1.47 bits per heavy atom. The fourth-order valence-electron chi connectivity index (χ4n) is 3.13. The molecule has 0 spiro atoms. The van der Waals surface area contributed by atoms with Crippen molar-refractivity contribution >= 4 is 12.3 Å². The normalized spacial score (nSPS) is 37.4. The van der Waals surface area contributed by atoms with Crippen LogP contribution in [-0.4, -0.2) is 30.6 Å². The van der Waals surface area contributed by atoms with E-state index in [1.54, 1.807) is 0 Å². The van der Waals surface area contributed by atoms with Gasteiger partial charge in [0.05, 0.1) is 18.1 Å². The van der Waals surface area contributed by atoms with E-state index >= 15 is 0 Å². The Morgan fingerprint density at radius 3 is 2.68 bits per heavy atom. The van der Waals surface area contributed by atoms with Gasteiger partial charge in [-0.1, -0.05) is 13.8 Å². The van der Waals surface area contributed by atoms with E-state index < -0.39 is 11.0 Å². The average Bonchev–Trinajstić information content (AvgIpc) is 2.89. The lowest BCUT2D eigenvalue weighted by Crippen LogP contribution is -2.44. The monoisotopic (exact) mass is 268 g/mol. The zero-order valence-electron chi connectivity index (χ0n) is 12.3. The molecule has 2 aliphatic heterocycles. The minimum Gasteiger partial charge on any atom is -0.465 e. The maximum absolute atomic E-state index is 12.0. The van der Waals surface area contributed by atoms with Gasteiger partial charge in [-0.2, -0.15) is 0 Å². The molecule has 2 aliphatic rings. The molecule has 2 saturated heterocycles. The van der Waals surface area contributed by atoms with Gasteiger partial charge < -0.3 is 14.3 Å². The van der Waals surface area contributed by atoms with Crippen LogP contribution in [-0.2, 0) is 19.1 Å². The largest absolute Gasteiger partial charge is 0.465 e. The molecule has 0 N–H and O–H groups in total. The summed E-state index contributed by atoms with van der Waals surface area (Å²) in [6.45, 7) is 8.06. The van der Waals surface area contributed by atoms with Crippen molar-refractivity contribution in [3.8, 4) is 0 Å². The standard InChI is InChI=1S/C15H24O4/c1-5-14(3,4)13(17)18-8-11-7-12-6-10(2)15(11,9-16)19-12/h9-12H,5-8H2,1-4H3/t10?,11?,12?,15-/m1/s1. The lowest BCUT2D eigenvalue weighted by atomic mass is 9.73. The first-order valence-corrected chi connectivity index (χ1v) is 7.17. The predicted molar refractivity (Wildman–Crippen MR) is 70.6 cm³/mol. The van der Waals surface area contributed by atoms with Crippen molar-refractivity contribution in [1.29, 1.82) is 0 Å². The Morgan fingerprint density at radius 2 is 2.16 bits per heavy atom. The van der Waals surface area contributed by atoms with Crippen molar-refractivity contribution in [1.82, 2.24) is 0 Å². The number of aldehydes is 1. The van der Waals surface area contributed by atoms with Crippen LogP contribution in [0.5, 0.6) is 0 Å². The summed E-state index contributed by atoms with van der Waals surface area (Å²) < 4.78 is 11.3. The Balaban J connectivity index is 1.98. The van der Waals surface area contributed by atoms with Crippen molar-refractivity contribution in [2.75, 3.05) is 6.61 Å². The maximum Gasteiger partial charge on any atom is 0.311 e. The van der Waals surface area contributed by atoms with E-state index in [0.29, 0.717) is 6.61 Å². The predicted octanol–water partition coefficient (Wildman–Crippen LogP) is 2.35. The molecule has 0 aromatic carbocycles. The average molecular weight is 268 g/mol. The van der Waals surface area contributed by atoms with Crippen LogP contribution < -0.4 is 0 Å². The highest BCUT2D eigenvalue weighted by molar-refractivity contribution is 5.76. The summed E-state index contributed by atoms with van der Waals surface area (Å²) in [5.41, 5.74) is -1.18. The van der Waals surface area contributed by atoms with Crippen molar-refractivity contribution in [2.24, 2.45) is 17.3 Å². The highest BCUT2D eigenvalue weighted by Gasteiger charge is 2.58. The Hall–Kier alpha value is -0.900. The Bertz CT molecular complexity index is 376. The molecule has 108 valence electrons. The minimum absolute atomic E-state index is 0.00959. The molecule has 0 radical (unpaired) electrons. The summed E-state index contributed by atoms with van der Waals surface area (Å²) in [4.78, 5) is 23.4. The molecule has 19 heavy (non-hydrogen) atoms. The SMILES string of the molecule is CCC(C)(C)C(=O)OCC1CC2CC(C)[C@@]1(C=O)O2. The second kappa shape index (κ2) is 4.89. The molecule has 0 aromatic heterocycles. The van der Waals surface area contributed by atoms with Crippen molar-refractivity contribution in [3.05, 3.63) is 0 Å². The first-order valence-electron chi connectivity index (χ1n) is 7.17. The molecule has 2 bridgehead atoms. The van der Waals surface area contributed by atoms with Crippen molar-refractivity contribution < 1.29 is 19.1 Å². The summed E-state index contributed by atoms with van der Waals surface area (Å²) in [6.07, 6.45) is 3.58. The van der Waals surface area contributed by atoms with E-state index in [1.807, 2.05) is 27.7 Å². The third-order valence-corrected chi connectivity index (χ3v) is 4.98. The van der Waals surface area contributed by atoms with Gasteiger partial charge in [-0.3, -0.25) is 4.79 Å². The van der Waals surface area contributed by atoms with Gasteiger partial charge in [-0.05, 0) is 39.0 Å². The van der Waals surface area contributed by atoms with Gasteiger partial charge >= 0.3 is 5.97 Å². The van der Waals surface area contributed by atoms with Gasteiger partial charge in [0.15, 0.2) is 6.29 Å². The molecule has 0 amide bonds. The fourth-order valence-corrected chi connectivity index (χ4v) is 3.13. The second-order valence-electron chi connectivity index (χ2n) is 6.62. The van der Waals surface area contributed by atoms with Crippen LogP contribution in [0.4, 0.5) is 0 Å². The molecular weight excluding hydrogens is 244 g/mol. The molecule has 2 rings (SSSR count). The van der Waals surface area contributed by atoms with E-state index in [0.717, 1.165) is 25.5 Å². The summed E-state index contributed by atoms with van der Waals surface area (Å²) in [6, 6.07) is 0. The minimum atomic E-state index is -0.721. The van der Waals surface area contributed by atoms with Gasteiger partial charge in [-0.15, -0.1) is 0 Å². The number of carbonyl (C=O) groups excluding carboxylic acids is 2. The topological polar surface area (TPSA) is 52.6 Å². The van der Waals surface area contributed by atoms with Gasteiger partial charge in [0.1, 0.15) is 5.60 Å². The molecule has 0 aromatic rings. The number of esters is 1. The van der Waals surface area contributed by atoms with Crippen LogP contribution >= 0.6 is 0 Å². The van der Waals surface area contributed by atoms with Crippen LogP contribution in [0.2, 0.25) is 0 Å². The Labute approximate surface area is 114 Å². The van der Waals surface area contributed by atoms with Crippen LogP contribution in [0, 0.1) is 17.3 Å². The fraction of sp³-hybridized carbons (Fsp3) is 0.867. The number of carbonyl (C=O) groups is 2. The smallest absolute Gasteiger partial charge is 0.311 e. The van der Waals surface area contributed by atoms with Gasteiger partial charge in [0.2, 0.25) is 0 Å². The highest BCUT2D eigenvalue weighted by Crippen LogP contribution is 2.50. The molecule has 2 heterocycles.